The third-order valence-electron chi connectivity index (χ3n) is 3.59. The standard InChI is InChI=1S/C12H13NO4S/c1-5(14)10-9(12(15)16)13-11(18-10)7-4-6-2-3-8(7)17-6/h6-8H,2-4H2,1H3,(H,15,16). The normalized spacial score (nSPS) is 29.7. The van der Waals surface area contributed by atoms with Crippen LogP contribution in [0, 0.1) is 0 Å². The number of carbonyl (C=O) groups is 2. The van der Waals surface area contributed by atoms with Crippen LogP contribution in [0.2, 0.25) is 0 Å². The lowest BCUT2D eigenvalue weighted by molar-refractivity contribution is 0.0686. The Balaban J connectivity index is 1.96. The first-order valence-corrected chi connectivity index (χ1v) is 6.78. The van der Waals surface area contributed by atoms with Gasteiger partial charge in [-0.15, -0.1) is 11.3 Å². The zero-order chi connectivity index (χ0) is 12.9. The van der Waals surface area contributed by atoms with Crippen LogP contribution in [0.5, 0.6) is 0 Å². The number of ketones is 1. The minimum atomic E-state index is -1.13. The molecular formula is C12H13NO4S. The van der Waals surface area contributed by atoms with E-state index in [0.29, 0.717) is 0 Å². The van der Waals surface area contributed by atoms with E-state index in [9.17, 15) is 9.59 Å². The lowest BCUT2D eigenvalue weighted by Gasteiger charge is -2.15. The smallest absolute Gasteiger partial charge is 0.356 e. The van der Waals surface area contributed by atoms with Crippen LogP contribution in [0.3, 0.4) is 0 Å². The molecule has 2 aliphatic rings. The van der Waals surface area contributed by atoms with Gasteiger partial charge in [0.25, 0.3) is 0 Å². The summed E-state index contributed by atoms with van der Waals surface area (Å²) in [6.45, 7) is 1.38. The molecule has 3 rings (SSSR count). The summed E-state index contributed by atoms with van der Waals surface area (Å²) < 4.78 is 5.74. The molecule has 3 heterocycles. The van der Waals surface area contributed by atoms with Crippen molar-refractivity contribution in [1.82, 2.24) is 4.98 Å². The van der Waals surface area contributed by atoms with Crippen LogP contribution in [-0.4, -0.2) is 34.1 Å². The van der Waals surface area contributed by atoms with Gasteiger partial charge in [-0.05, 0) is 19.3 Å². The van der Waals surface area contributed by atoms with E-state index >= 15 is 0 Å². The van der Waals surface area contributed by atoms with Crippen molar-refractivity contribution in [1.29, 1.82) is 0 Å². The van der Waals surface area contributed by atoms with Gasteiger partial charge in [-0.3, -0.25) is 4.79 Å². The fourth-order valence-electron chi connectivity index (χ4n) is 2.78. The minimum absolute atomic E-state index is 0.106. The first-order chi connectivity index (χ1) is 8.56. The highest BCUT2D eigenvalue weighted by molar-refractivity contribution is 7.14. The van der Waals surface area contributed by atoms with Gasteiger partial charge in [0, 0.05) is 12.8 Å². The molecule has 6 heteroatoms. The van der Waals surface area contributed by atoms with Crippen molar-refractivity contribution in [3.05, 3.63) is 15.6 Å². The molecule has 2 aliphatic heterocycles. The SMILES string of the molecule is CC(=O)c1sc(C2CC3CCC2O3)nc1C(=O)O. The highest BCUT2D eigenvalue weighted by Crippen LogP contribution is 2.45. The summed E-state index contributed by atoms with van der Waals surface area (Å²) in [5.41, 5.74) is -0.106. The number of carbonyl (C=O) groups excluding carboxylic acids is 1. The van der Waals surface area contributed by atoms with Crippen molar-refractivity contribution in [2.45, 2.75) is 44.3 Å². The average molecular weight is 267 g/mol. The summed E-state index contributed by atoms with van der Waals surface area (Å²) in [5.74, 6) is -1.20. The molecule has 18 heavy (non-hydrogen) atoms. The maximum absolute atomic E-state index is 11.4. The summed E-state index contributed by atoms with van der Waals surface area (Å²) in [6.07, 6.45) is 3.43. The number of aromatic carboxylic acids is 1. The molecule has 0 aromatic carbocycles. The molecular weight excluding hydrogens is 254 g/mol. The van der Waals surface area contributed by atoms with Crippen molar-refractivity contribution >= 4 is 23.1 Å². The maximum atomic E-state index is 11.4. The molecule has 5 nitrogen and oxygen atoms in total. The van der Waals surface area contributed by atoms with Crippen LogP contribution in [0.1, 0.15) is 57.3 Å². The van der Waals surface area contributed by atoms with Crippen molar-refractivity contribution in [2.75, 3.05) is 0 Å². The van der Waals surface area contributed by atoms with Crippen LogP contribution in [0.4, 0.5) is 0 Å². The van der Waals surface area contributed by atoms with E-state index in [2.05, 4.69) is 4.98 Å². The second kappa shape index (κ2) is 4.13. The Hall–Kier alpha value is -1.27. The highest BCUT2D eigenvalue weighted by atomic mass is 32.1. The summed E-state index contributed by atoms with van der Waals surface area (Å²) in [6, 6.07) is 0. The molecule has 0 spiro atoms. The van der Waals surface area contributed by atoms with Gasteiger partial charge in [0.2, 0.25) is 0 Å². The summed E-state index contributed by atoms with van der Waals surface area (Å²) >= 11 is 1.21. The minimum Gasteiger partial charge on any atom is -0.476 e. The van der Waals surface area contributed by atoms with Gasteiger partial charge in [0.15, 0.2) is 11.5 Å². The fourth-order valence-corrected chi connectivity index (χ4v) is 3.90. The van der Waals surface area contributed by atoms with Gasteiger partial charge < -0.3 is 9.84 Å². The van der Waals surface area contributed by atoms with Crippen molar-refractivity contribution in [2.24, 2.45) is 0 Å². The van der Waals surface area contributed by atoms with Gasteiger partial charge >= 0.3 is 5.97 Å². The number of carboxylic acid groups (broad SMARTS) is 1. The Labute approximate surface area is 108 Å². The van der Waals surface area contributed by atoms with Gasteiger partial charge in [-0.2, -0.15) is 0 Å². The molecule has 3 unspecified atom stereocenters. The van der Waals surface area contributed by atoms with Crippen molar-refractivity contribution < 1.29 is 19.4 Å². The van der Waals surface area contributed by atoms with E-state index in [1.165, 1.54) is 18.3 Å². The van der Waals surface area contributed by atoms with Crippen LogP contribution < -0.4 is 0 Å². The quantitative estimate of drug-likeness (QED) is 0.848. The molecule has 1 aromatic heterocycles. The second-order valence-corrected chi connectivity index (χ2v) is 5.84. The Morgan fingerprint density at radius 2 is 2.22 bits per heavy atom. The van der Waals surface area contributed by atoms with Crippen molar-refractivity contribution in [3.63, 3.8) is 0 Å². The average Bonchev–Trinajstić information content (AvgIpc) is 3.02. The van der Waals surface area contributed by atoms with Crippen LogP contribution in [-0.2, 0) is 4.74 Å². The number of aromatic nitrogens is 1. The lowest BCUT2D eigenvalue weighted by Crippen LogP contribution is -2.14. The van der Waals surface area contributed by atoms with E-state index in [4.69, 9.17) is 9.84 Å². The zero-order valence-electron chi connectivity index (χ0n) is 9.88. The van der Waals surface area contributed by atoms with E-state index in [-0.39, 0.29) is 34.5 Å². The number of thiazole rings is 1. The Morgan fingerprint density at radius 3 is 2.67 bits per heavy atom. The molecule has 2 saturated heterocycles. The van der Waals surface area contributed by atoms with E-state index in [0.717, 1.165) is 24.3 Å². The summed E-state index contributed by atoms with van der Waals surface area (Å²) in [5, 5.41) is 9.80. The molecule has 0 saturated carbocycles. The zero-order valence-corrected chi connectivity index (χ0v) is 10.7. The lowest BCUT2D eigenvalue weighted by atomic mass is 9.90. The second-order valence-electron chi connectivity index (χ2n) is 4.81. The molecule has 1 aromatic rings. The number of hydrogen-bond donors (Lipinski definition) is 1. The number of rotatable bonds is 3. The predicted molar refractivity (Wildman–Crippen MR) is 64.3 cm³/mol. The van der Waals surface area contributed by atoms with E-state index < -0.39 is 5.97 Å². The van der Waals surface area contributed by atoms with Crippen molar-refractivity contribution in [3.8, 4) is 0 Å². The Bertz CT molecular complexity index is 493. The number of nitrogens with zero attached hydrogens (tertiary/aromatic N) is 1. The maximum Gasteiger partial charge on any atom is 0.356 e. The number of fused-ring (bicyclic) bond motifs is 2. The number of carboxylic acids is 1. The Kier molecular flexibility index (Phi) is 2.71. The number of Topliss-reactive ketones (excluding diaryl/α,β-unsaturated/α-hetero) is 1. The van der Waals surface area contributed by atoms with E-state index in [1.807, 2.05) is 0 Å². The predicted octanol–water partition coefficient (Wildman–Crippen LogP) is 2.08. The molecule has 1 N–H and O–H groups in total. The molecule has 0 aliphatic carbocycles. The fraction of sp³-hybridized carbons (Fsp3) is 0.583. The Morgan fingerprint density at radius 1 is 1.44 bits per heavy atom. The monoisotopic (exact) mass is 267 g/mol. The third kappa shape index (κ3) is 1.76. The topological polar surface area (TPSA) is 76.5 Å². The number of ether oxygens (including phenoxy) is 1. The summed E-state index contributed by atoms with van der Waals surface area (Å²) in [7, 11) is 0. The van der Waals surface area contributed by atoms with Crippen LogP contribution >= 0.6 is 11.3 Å². The molecule has 2 bridgehead atoms. The largest absolute Gasteiger partial charge is 0.476 e. The molecule has 3 atom stereocenters. The highest BCUT2D eigenvalue weighted by Gasteiger charge is 2.43. The third-order valence-corrected chi connectivity index (χ3v) is 4.88. The summed E-state index contributed by atoms with van der Waals surface area (Å²) in [4.78, 5) is 26.9. The molecule has 0 radical (unpaired) electrons. The van der Waals surface area contributed by atoms with Gasteiger partial charge in [-0.25, -0.2) is 9.78 Å². The van der Waals surface area contributed by atoms with Gasteiger partial charge in [0.1, 0.15) is 9.88 Å². The molecule has 96 valence electrons. The molecule has 0 amide bonds. The van der Waals surface area contributed by atoms with E-state index in [1.54, 1.807) is 0 Å². The first-order valence-electron chi connectivity index (χ1n) is 5.96. The van der Waals surface area contributed by atoms with Gasteiger partial charge in [-0.1, -0.05) is 0 Å². The number of hydrogen-bond acceptors (Lipinski definition) is 5. The molecule has 2 fully saturated rings. The first kappa shape index (κ1) is 11.8. The van der Waals surface area contributed by atoms with Gasteiger partial charge in [0.05, 0.1) is 12.2 Å². The van der Waals surface area contributed by atoms with Crippen LogP contribution in [0.25, 0.3) is 0 Å². The van der Waals surface area contributed by atoms with Crippen LogP contribution in [0.15, 0.2) is 0 Å².